The molecule has 0 radical (unpaired) electrons. The number of rotatable bonds is 5. The molecule has 0 unspecified atom stereocenters. The van der Waals surface area contributed by atoms with Crippen molar-refractivity contribution in [3.05, 3.63) is 46.4 Å². The first-order valence-corrected chi connectivity index (χ1v) is 12.4. The summed E-state index contributed by atoms with van der Waals surface area (Å²) in [7, 11) is 1.93. The number of aryl methyl sites for hydroxylation is 1. The van der Waals surface area contributed by atoms with Crippen LogP contribution in [0.4, 0.5) is 11.5 Å². The van der Waals surface area contributed by atoms with Gasteiger partial charge < -0.3 is 15.1 Å². The van der Waals surface area contributed by atoms with Crippen molar-refractivity contribution in [1.29, 1.82) is 0 Å². The summed E-state index contributed by atoms with van der Waals surface area (Å²) in [6, 6.07) is 6.96. The molecule has 2 fully saturated rings. The predicted molar refractivity (Wildman–Crippen MR) is 131 cm³/mol. The number of nitrogens with one attached hydrogen (secondary N) is 1. The molecule has 2 saturated heterocycles. The highest BCUT2D eigenvalue weighted by molar-refractivity contribution is 5.74. The van der Waals surface area contributed by atoms with Crippen LogP contribution in [-0.4, -0.2) is 58.9 Å². The number of fused-ring (bicyclic) bond motifs is 1. The van der Waals surface area contributed by atoms with Crippen molar-refractivity contribution in [3.8, 4) is 0 Å². The van der Waals surface area contributed by atoms with Crippen molar-refractivity contribution in [2.24, 2.45) is 0 Å². The Morgan fingerprint density at radius 2 is 1.94 bits per heavy atom. The van der Waals surface area contributed by atoms with Crippen LogP contribution in [-0.2, 0) is 24.3 Å². The lowest BCUT2D eigenvalue weighted by molar-refractivity contribution is -0.129. The van der Waals surface area contributed by atoms with Gasteiger partial charge in [0.15, 0.2) is 5.82 Å². The molecule has 1 aromatic heterocycles. The second-order valence-corrected chi connectivity index (χ2v) is 9.74. The zero-order valence-corrected chi connectivity index (χ0v) is 20.2. The number of carbonyl (C=O) groups excluding carboxylic acids is 1. The van der Waals surface area contributed by atoms with Gasteiger partial charge in [0.05, 0.1) is 11.7 Å². The molecule has 0 saturated carbocycles. The van der Waals surface area contributed by atoms with Crippen molar-refractivity contribution in [2.45, 2.75) is 65.1 Å². The first-order chi connectivity index (χ1) is 16.0. The standard InChI is InChI=1S/C26H36N6O/c1-18-15-21(31-11-4-5-12-31)9-8-20(18)16-30-14-10-22-23(17-30)28-26(29-25(22)27-3)24-7-6-13-32(24)19(2)33/h8-9,15,24H,4-7,10-14,16-17H2,1-3H3,(H,27,28,29)/t24-/m0/s1. The zero-order valence-electron chi connectivity index (χ0n) is 20.2. The molecule has 3 aliphatic rings. The van der Waals surface area contributed by atoms with E-state index in [9.17, 15) is 4.79 Å². The number of benzene rings is 1. The molecule has 176 valence electrons. The van der Waals surface area contributed by atoms with E-state index in [0.717, 1.165) is 62.8 Å². The fourth-order valence-electron chi connectivity index (χ4n) is 5.68. The average molecular weight is 449 g/mol. The Balaban J connectivity index is 1.35. The first kappa shape index (κ1) is 22.1. The molecule has 0 spiro atoms. The van der Waals surface area contributed by atoms with Gasteiger partial charge in [-0.3, -0.25) is 9.69 Å². The molecule has 4 heterocycles. The molecule has 0 aliphatic carbocycles. The maximum absolute atomic E-state index is 12.1. The Bertz CT molecular complexity index is 1030. The highest BCUT2D eigenvalue weighted by atomic mass is 16.2. The van der Waals surface area contributed by atoms with Gasteiger partial charge in [-0.25, -0.2) is 9.97 Å². The van der Waals surface area contributed by atoms with Gasteiger partial charge in [-0.2, -0.15) is 0 Å². The smallest absolute Gasteiger partial charge is 0.220 e. The fraction of sp³-hybridized carbons (Fsp3) is 0.577. The van der Waals surface area contributed by atoms with Gasteiger partial charge in [-0.05, 0) is 62.3 Å². The zero-order chi connectivity index (χ0) is 22.9. The van der Waals surface area contributed by atoms with Crippen LogP contribution in [0.15, 0.2) is 18.2 Å². The molecule has 1 aromatic carbocycles. The number of anilines is 2. The van der Waals surface area contributed by atoms with Crippen LogP contribution in [0.25, 0.3) is 0 Å². The number of hydrogen-bond donors (Lipinski definition) is 1. The van der Waals surface area contributed by atoms with Gasteiger partial charge in [0.25, 0.3) is 0 Å². The summed E-state index contributed by atoms with van der Waals surface area (Å²) >= 11 is 0. The quantitative estimate of drug-likeness (QED) is 0.753. The van der Waals surface area contributed by atoms with Crippen LogP contribution < -0.4 is 10.2 Å². The third-order valence-electron chi connectivity index (χ3n) is 7.54. The second-order valence-electron chi connectivity index (χ2n) is 9.74. The topological polar surface area (TPSA) is 64.6 Å². The van der Waals surface area contributed by atoms with Crippen LogP contribution in [0, 0.1) is 6.92 Å². The summed E-state index contributed by atoms with van der Waals surface area (Å²) in [4.78, 5) is 28.9. The van der Waals surface area contributed by atoms with E-state index in [2.05, 4.69) is 40.2 Å². The highest BCUT2D eigenvalue weighted by Crippen LogP contribution is 2.33. The maximum Gasteiger partial charge on any atom is 0.220 e. The largest absolute Gasteiger partial charge is 0.373 e. The number of amides is 1. The second kappa shape index (κ2) is 9.29. The molecule has 3 aliphatic heterocycles. The van der Waals surface area contributed by atoms with Crippen molar-refractivity contribution in [3.63, 3.8) is 0 Å². The maximum atomic E-state index is 12.1. The SMILES string of the molecule is CNc1nc([C@@H]2CCCN2C(C)=O)nc2c1CCN(Cc1ccc(N3CCCC3)cc1C)C2. The predicted octanol–water partition coefficient (Wildman–Crippen LogP) is 3.67. The molecule has 7 nitrogen and oxygen atoms in total. The summed E-state index contributed by atoms with van der Waals surface area (Å²) in [5.74, 6) is 1.83. The molecule has 1 amide bonds. The molecule has 1 N–H and O–H groups in total. The summed E-state index contributed by atoms with van der Waals surface area (Å²) in [5.41, 5.74) is 6.46. The van der Waals surface area contributed by atoms with Gasteiger partial charge in [0.1, 0.15) is 5.82 Å². The van der Waals surface area contributed by atoms with Crippen LogP contribution in [0.3, 0.4) is 0 Å². The van der Waals surface area contributed by atoms with Gasteiger partial charge in [-0.1, -0.05) is 6.07 Å². The van der Waals surface area contributed by atoms with E-state index in [1.165, 1.54) is 48.3 Å². The lowest BCUT2D eigenvalue weighted by atomic mass is 10.0. The van der Waals surface area contributed by atoms with Crippen LogP contribution in [0.2, 0.25) is 0 Å². The van der Waals surface area contributed by atoms with Crippen molar-refractivity contribution in [1.82, 2.24) is 19.8 Å². The van der Waals surface area contributed by atoms with E-state index in [1.54, 1.807) is 6.92 Å². The molecule has 0 bridgehead atoms. The number of hydrogen-bond acceptors (Lipinski definition) is 6. The molecular formula is C26H36N6O. The third kappa shape index (κ3) is 4.43. The van der Waals surface area contributed by atoms with E-state index < -0.39 is 0 Å². The molecular weight excluding hydrogens is 412 g/mol. The van der Waals surface area contributed by atoms with Crippen LogP contribution >= 0.6 is 0 Å². The highest BCUT2D eigenvalue weighted by Gasteiger charge is 2.32. The molecule has 2 aromatic rings. The summed E-state index contributed by atoms with van der Waals surface area (Å²) in [6.45, 7) is 9.80. The molecule has 7 heteroatoms. The third-order valence-corrected chi connectivity index (χ3v) is 7.54. The van der Waals surface area contributed by atoms with Crippen LogP contribution in [0.1, 0.15) is 66.9 Å². The summed E-state index contributed by atoms with van der Waals surface area (Å²) in [5, 5.41) is 3.29. The number of carbonyl (C=O) groups is 1. The Hall–Kier alpha value is -2.67. The van der Waals surface area contributed by atoms with E-state index in [-0.39, 0.29) is 11.9 Å². The summed E-state index contributed by atoms with van der Waals surface area (Å²) < 4.78 is 0. The Morgan fingerprint density at radius 1 is 1.12 bits per heavy atom. The molecule has 1 atom stereocenters. The summed E-state index contributed by atoms with van der Waals surface area (Å²) in [6.07, 6.45) is 5.50. The lowest BCUT2D eigenvalue weighted by Crippen LogP contribution is -2.34. The van der Waals surface area contributed by atoms with Gasteiger partial charge in [0, 0.05) is 64.5 Å². The van der Waals surface area contributed by atoms with E-state index in [0.29, 0.717) is 0 Å². The molecule has 5 rings (SSSR count). The first-order valence-electron chi connectivity index (χ1n) is 12.4. The van der Waals surface area contributed by atoms with Crippen LogP contribution in [0.5, 0.6) is 0 Å². The molecule has 33 heavy (non-hydrogen) atoms. The monoisotopic (exact) mass is 448 g/mol. The number of nitrogens with zero attached hydrogens (tertiary/aromatic N) is 5. The van der Waals surface area contributed by atoms with Crippen molar-refractivity contribution >= 4 is 17.4 Å². The van der Waals surface area contributed by atoms with Gasteiger partial charge in [0.2, 0.25) is 5.91 Å². The average Bonchev–Trinajstić information content (AvgIpc) is 3.52. The van der Waals surface area contributed by atoms with Crippen molar-refractivity contribution < 1.29 is 4.79 Å². The van der Waals surface area contributed by atoms with Gasteiger partial charge >= 0.3 is 0 Å². The minimum absolute atomic E-state index is 0.00403. The van der Waals surface area contributed by atoms with E-state index in [4.69, 9.17) is 9.97 Å². The number of aromatic nitrogens is 2. The van der Waals surface area contributed by atoms with E-state index in [1.807, 2.05) is 11.9 Å². The minimum Gasteiger partial charge on any atom is -0.373 e. The lowest BCUT2D eigenvalue weighted by Gasteiger charge is -2.31. The fourth-order valence-corrected chi connectivity index (χ4v) is 5.68. The Morgan fingerprint density at radius 3 is 2.67 bits per heavy atom. The van der Waals surface area contributed by atoms with E-state index >= 15 is 0 Å². The Labute approximate surface area is 197 Å². The normalized spacial score (nSPS) is 20.9. The minimum atomic E-state index is -0.00403. The Kier molecular flexibility index (Phi) is 6.23. The van der Waals surface area contributed by atoms with Crippen molar-refractivity contribution in [2.75, 3.05) is 43.4 Å². The number of likely N-dealkylation sites (tertiary alicyclic amines) is 1. The van der Waals surface area contributed by atoms with Gasteiger partial charge in [-0.15, -0.1) is 0 Å².